The van der Waals surface area contributed by atoms with Gasteiger partial charge in [0.1, 0.15) is 5.52 Å². The number of benzene rings is 1. The predicted octanol–water partition coefficient (Wildman–Crippen LogP) is 1.70. The van der Waals surface area contributed by atoms with Crippen molar-refractivity contribution in [3.63, 3.8) is 0 Å². The predicted molar refractivity (Wildman–Crippen MR) is 89.3 cm³/mol. The number of hydrogen-bond donors (Lipinski definition) is 2. The largest absolute Gasteiger partial charge is 0.342 e. The van der Waals surface area contributed by atoms with Gasteiger partial charge in [0, 0.05) is 25.7 Å². The molecule has 118 valence electrons. The zero-order chi connectivity index (χ0) is 15.6. The highest BCUT2D eigenvalue weighted by atomic mass is 15.7. The highest BCUT2D eigenvalue weighted by Crippen LogP contribution is 2.26. The lowest BCUT2D eigenvalue weighted by atomic mass is 10.2. The fourth-order valence-corrected chi connectivity index (χ4v) is 2.90. The molecule has 0 radical (unpaired) electrons. The summed E-state index contributed by atoms with van der Waals surface area (Å²) in [7, 11) is 0. The van der Waals surface area contributed by atoms with Crippen molar-refractivity contribution in [1.29, 1.82) is 0 Å². The summed E-state index contributed by atoms with van der Waals surface area (Å²) in [6.07, 6.45) is 3.43. The maximum absolute atomic E-state index is 4.63. The maximum Gasteiger partial charge on any atom is 0.247 e. The van der Waals surface area contributed by atoms with Gasteiger partial charge < -0.3 is 10.3 Å². The number of aromatic amines is 1. The van der Waals surface area contributed by atoms with Crippen LogP contribution in [0.5, 0.6) is 0 Å². The number of fused-ring (bicyclic) bond motifs is 1. The van der Waals surface area contributed by atoms with E-state index in [0.717, 1.165) is 30.8 Å². The van der Waals surface area contributed by atoms with Crippen LogP contribution in [-0.2, 0) is 0 Å². The van der Waals surface area contributed by atoms with E-state index in [1.165, 1.54) is 0 Å². The summed E-state index contributed by atoms with van der Waals surface area (Å²) in [6.45, 7) is 4.99. The molecular formula is C16H19N7. The average Bonchev–Trinajstić information content (AvgIpc) is 3.06. The van der Waals surface area contributed by atoms with E-state index in [-0.39, 0.29) is 0 Å². The Morgan fingerprint density at radius 1 is 1.22 bits per heavy atom. The quantitative estimate of drug-likeness (QED) is 0.767. The molecular weight excluding hydrogens is 290 g/mol. The number of piperazine rings is 1. The Hall–Kier alpha value is -2.51. The van der Waals surface area contributed by atoms with Crippen LogP contribution in [0.3, 0.4) is 0 Å². The molecule has 0 saturated carbocycles. The number of rotatable bonds is 3. The van der Waals surface area contributed by atoms with Gasteiger partial charge in [-0.1, -0.05) is 18.2 Å². The number of imidazole rings is 1. The van der Waals surface area contributed by atoms with Gasteiger partial charge in [0.25, 0.3) is 0 Å². The van der Waals surface area contributed by atoms with Crippen LogP contribution in [0.4, 0.5) is 11.6 Å². The molecule has 2 aromatic heterocycles. The second-order valence-electron chi connectivity index (χ2n) is 5.67. The van der Waals surface area contributed by atoms with Crippen molar-refractivity contribution in [3.05, 3.63) is 42.9 Å². The highest BCUT2D eigenvalue weighted by molar-refractivity contribution is 5.71. The Morgan fingerprint density at radius 3 is 2.91 bits per heavy atom. The first-order chi connectivity index (χ1) is 11.3. The summed E-state index contributed by atoms with van der Waals surface area (Å²) < 4.78 is 0. The van der Waals surface area contributed by atoms with Crippen molar-refractivity contribution in [2.75, 3.05) is 24.6 Å². The number of hydrogen-bond acceptors (Lipinski definition) is 6. The third-order valence-electron chi connectivity index (χ3n) is 4.08. The van der Waals surface area contributed by atoms with Crippen LogP contribution >= 0.6 is 0 Å². The molecule has 1 saturated heterocycles. The minimum atomic E-state index is 0.349. The molecule has 4 rings (SSSR count). The second kappa shape index (κ2) is 5.94. The van der Waals surface area contributed by atoms with E-state index in [4.69, 9.17) is 0 Å². The summed E-state index contributed by atoms with van der Waals surface area (Å²) in [6, 6.07) is 10.6. The first-order valence-electron chi connectivity index (χ1n) is 7.81. The van der Waals surface area contributed by atoms with E-state index < -0.39 is 0 Å². The summed E-state index contributed by atoms with van der Waals surface area (Å²) >= 11 is 0. The molecule has 0 aliphatic carbocycles. The standard InChI is InChI=1S/C16H19N7/c1-12-9-17-7-8-22(12)23(13-5-3-2-4-6-13)16-18-10-14-15(21-16)20-11-19-14/h2-6,10-12,17H,7-9H2,1H3,(H,18,19,20,21). The molecule has 7 nitrogen and oxygen atoms in total. The molecule has 2 N–H and O–H groups in total. The first kappa shape index (κ1) is 14.1. The van der Waals surface area contributed by atoms with Gasteiger partial charge in [0.2, 0.25) is 5.95 Å². The molecule has 0 bridgehead atoms. The molecule has 7 heteroatoms. The summed E-state index contributed by atoms with van der Waals surface area (Å²) in [5.41, 5.74) is 2.57. The third kappa shape index (κ3) is 2.64. The van der Waals surface area contributed by atoms with Crippen molar-refractivity contribution >= 4 is 22.8 Å². The Morgan fingerprint density at radius 2 is 2.09 bits per heavy atom. The number of H-pyrrole nitrogens is 1. The molecule has 1 atom stereocenters. The number of nitrogens with zero attached hydrogens (tertiary/aromatic N) is 5. The van der Waals surface area contributed by atoms with Gasteiger partial charge in [-0.3, -0.25) is 0 Å². The van der Waals surface area contributed by atoms with Gasteiger partial charge in [-0.25, -0.2) is 20.0 Å². The van der Waals surface area contributed by atoms with Crippen LogP contribution in [0.2, 0.25) is 0 Å². The normalized spacial score (nSPS) is 19.1. The lowest BCUT2D eigenvalue weighted by Gasteiger charge is -2.41. The summed E-state index contributed by atoms with van der Waals surface area (Å²) in [5, 5.41) is 7.82. The van der Waals surface area contributed by atoms with Crippen molar-refractivity contribution in [1.82, 2.24) is 30.3 Å². The third-order valence-corrected chi connectivity index (χ3v) is 4.08. The van der Waals surface area contributed by atoms with E-state index in [1.807, 2.05) is 18.2 Å². The van der Waals surface area contributed by atoms with Gasteiger partial charge in [-0.15, -0.1) is 0 Å². The lowest BCUT2D eigenvalue weighted by molar-refractivity contribution is 0.173. The molecule has 1 aliphatic rings. The molecule has 1 fully saturated rings. The van der Waals surface area contributed by atoms with Crippen LogP contribution in [0.1, 0.15) is 6.92 Å². The number of nitrogens with one attached hydrogen (secondary N) is 2. The minimum Gasteiger partial charge on any atom is -0.342 e. The van der Waals surface area contributed by atoms with Crippen molar-refractivity contribution in [2.45, 2.75) is 13.0 Å². The van der Waals surface area contributed by atoms with Crippen LogP contribution in [0.25, 0.3) is 11.2 Å². The van der Waals surface area contributed by atoms with Crippen molar-refractivity contribution in [2.24, 2.45) is 0 Å². The van der Waals surface area contributed by atoms with E-state index in [2.05, 4.69) is 54.3 Å². The van der Waals surface area contributed by atoms with Crippen LogP contribution in [0.15, 0.2) is 42.9 Å². The van der Waals surface area contributed by atoms with Crippen LogP contribution < -0.4 is 10.3 Å². The fraction of sp³-hybridized carbons (Fsp3) is 0.312. The van der Waals surface area contributed by atoms with E-state index in [1.54, 1.807) is 12.5 Å². The zero-order valence-electron chi connectivity index (χ0n) is 13.0. The van der Waals surface area contributed by atoms with Crippen LogP contribution in [0, 0.1) is 0 Å². The average molecular weight is 309 g/mol. The number of anilines is 2. The SMILES string of the molecule is CC1CNCCN1N(c1ccccc1)c1ncc2[nH]cnc2n1. The Kier molecular flexibility index (Phi) is 3.64. The van der Waals surface area contributed by atoms with E-state index in [0.29, 0.717) is 17.6 Å². The summed E-state index contributed by atoms with van der Waals surface area (Å²) in [5.74, 6) is 0.643. The minimum absolute atomic E-state index is 0.349. The van der Waals surface area contributed by atoms with Gasteiger partial charge in [0.15, 0.2) is 5.65 Å². The monoisotopic (exact) mass is 309 g/mol. The molecule has 1 aliphatic heterocycles. The zero-order valence-corrected chi connectivity index (χ0v) is 13.0. The molecule has 3 aromatic rings. The molecule has 0 spiro atoms. The first-order valence-corrected chi connectivity index (χ1v) is 7.81. The number of para-hydroxylation sites is 1. The van der Waals surface area contributed by atoms with Crippen molar-refractivity contribution in [3.8, 4) is 0 Å². The fourth-order valence-electron chi connectivity index (χ4n) is 2.90. The van der Waals surface area contributed by atoms with Gasteiger partial charge in [-0.05, 0) is 19.1 Å². The highest BCUT2D eigenvalue weighted by Gasteiger charge is 2.27. The number of aromatic nitrogens is 4. The maximum atomic E-state index is 4.63. The van der Waals surface area contributed by atoms with Crippen LogP contribution in [-0.4, -0.2) is 50.6 Å². The lowest BCUT2D eigenvalue weighted by Crippen LogP contribution is -2.56. The van der Waals surface area contributed by atoms with E-state index in [9.17, 15) is 0 Å². The Bertz CT molecular complexity index is 785. The molecule has 1 unspecified atom stereocenters. The molecule has 0 amide bonds. The summed E-state index contributed by atoms with van der Waals surface area (Å²) in [4.78, 5) is 16.5. The molecule has 1 aromatic carbocycles. The molecule has 3 heterocycles. The van der Waals surface area contributed by atoms with E-state index >= 15 is 0 Å². The Labute approximate surface area is 134 Å². The smallest absolute Gasteiger partial charge is 0.247 e. The van der Waals surface area contributed by atoms with Gasteiger partial charge in [-0.2, -0.15) is 4.98 Å². The second-order valence-corrected chi connectivity index (χ2v) is 5.67. The Balaban J connectivity index is 1.80. The topological polar surface area (TPSA) is 73.0 Å². The van der Waals surface area contributed by atoms with Crippen molar-refractivity contribution < 1.29 is 0 Å². The van der Waals surface area contributed by atoms with Gasteiger partial charge in [0.05, 0.1) is 18.2 Å². The number of hydrazine groups is 1. The molecule has 23 heavy (non-hydrogen) atoms. The van der Waals surface area contributed by atoms with Gasteiger partial charge >= 0.3 is 0 Å².